The van der Waals surface area contributed by atoms with Crippen molar-refractivity contribution in [2.45, 2.75) is 13.1 Å². The van der Waals surface area contributed by atoms with E-state index in [1.165, 1.54) is 16.1 Å². The first-order valence-corrected chi connectivity index (χ1v) is 7.79. The maximum absolute atomic E-state index is 11.9. The second-order valence-electron chi connectivity index (χ2n) is 4.52. The maximum atomic E-state index is 11.9. The molecule has 8 heteroatoms. The Kier molecular flexibility index (Phi) is 4.45. The van der Waals surface area contributed by atoms with Gasteiger partial charge in [-0.15, -0.1) is 21.5 Å². The van der Waals surface area contributed by atoms with Gasteiger partial charge in [0.05, 0.1) is 4.88 Å². The summed E-state index contributed by atoms with van der Waals surface area (Å²) in [7, 11) is 0. The van der Waals surface area contributed by atoms with Gasteiger partial charge in [-0.1, -0.05) is 29.8 Å². The van der Waals surface area contributed by atoms with E-state index in [-0.39, 0.29) is 12.5 Å². The van der Waals surface area contributed by atoms with Gasteiger partial charge in [0.2, 0.25) is 11.7 Å². The average molecular weight is 334 g/mol. The number of carbonyl (C=O) groups excluding carboxylic acids is 1. The van der Waals surface area contributed by atoms with Crippen LogP contribution >= 0.6 is 22.9 Å². The average Bonchev–Trinajstić information content (AvgIpc) is 3.17. The van der Waals surface area contributed by atoms with E-state index in [4.69, 9.17) is 11.6 Å². The highest BCUT2D eigenvalue weighted by atomic mass is 35.5. The molecule has 0 unspecified atom stereocenters. The van der Waals surface area contributed by atoms with Crippen molar-refractivity contribution in [3.8, 4) is 10.7 Å². The van der Waals surface area contributed by atoms with E-state index in [1.807, 2.05) is 29.6 Å². The Labute approximate surface area is 135 Å². The molecule has 0 saturated heterocycles. The van der Waals surface area contributed by atoms with E-state index in [0.717, 1.165) is 10.4 Å². The number of tetrazole rings is 1. The lowest BCUT2D eigenvalue weighted by atomic mass is 10.2. The van der Waals surface area contributed by atoms with Crippen LogP contribution in [0.25, 0.3) is 10.7 Å². The van der Waals surface area contributed by atoms with Gasteiger partial charge in [-0.05, 0) is 34.4 Å². The van der Waals surface area contributed by atoms with Crippen LogP contribution in [-0.2, 0) is 17.9 Å². The lowest BCUT2D eigenvalue weighted by Crippen LogP contribution is -2.28. The zero-order valence-electron chi connectivity index (χ0n) is 11.4. The molecule has 0 saturated carbocycles. The molecule has 0 bridgehead atoms. The third kappa shape index (κ3) is 3.69. The molecule has 0 aliphatic carbocycles. The molecule has 0 aliphatic rings. The van der Waals surface area contributed by atoms with E-state index in [2.05, 4.69) is 20.7 Å². The number of rotatable bonds is 5. The Bertz CT molecular complexity index is 754. The lowest BCUT2D eigenvalue weighted by molar-refractivity contribution is -0.122. The van der Waals surface area contributed by atoms with Crippen molar-refractivity contribution in [2.24, 2.45) is 0 Å². The minimum atomic E-state index is -0.176. The smallest absolute Gasteiger partial charge is 0.243 e. The largest absolute Gasteiger partial charge is 0.350 e. The van der Waals surface area contributed by atoms with Gasteiger partial charge >= 0.3 is 0 Å². The summed E-state index contributed by atoms with van der Waals surface area (Å²) in [6.07, 6.45) is 0. The van der Waals surface area contributed by atoms with Crippen LogP contribution in [0.4, 0.5) is 0 Å². The molecule has 1 N–H and O–H groups in total. The van der Waals surface area contributed by atoms with Crippen LogP contribution in [0.1, 0.15) is 5.56 Å². The minimum Gasteiger partial charge on any atom is -0.350 e. The molecule has 112 valence electrons. The number of amides is 1. The molecule has 3 rings (SSSR count). The molecule has 6 nitrogen and oxygen atoms in total. The molecule has 2 heterocycles. The Balaban J connectivity index is 1.54. The zero-order valence-corrected chi connectivity index (χ0v) is 13.0. The van der Waals surface area contributed by atoms with Crippen molar-refractivity contribution in [1.29, 1.82) is 0 Å². The van der Waals surface area contributed by atoms with Gasteiger partial charge in [-0.2, -0.15) is 4.80 Å². The molecule has 0 atom stereocenters. The molecular formula is C14H12ClN5OS. The number of nitrogens with zero attached hydrogens (tertiary/aromatic N) is 4. The van der Waals surface area contributed by atoms with Gasteiger partial charge in [0.1, 0.15) is 6.54 Å². The number of aromatic nitrogens is 4. The van der Waals surface area contributed by atoms with Gasteiger partial charge in [0.25, 0.3) is 0 Å². The van der Waals surface area contributed by atoms with Crippen LogP contribution in [0.15, 0.2) is 41.8 Å². The molecular weight excluding hydrogens is 322 g/mol. The molecule has 0 radical (unpaired) electrons. The van der Waals surface area contributed by atoms with Gasteiger partial charge in [0, 0.05) is 11.6 Å². The lowest BCUT2D eigenvalue weighted by Gasteiger charge is -2.04. The summed E-state index contributed by atoms with van der Waals surface area (Å²) < 4.78 is 0. The summed E-state index contributed by atoms with van der Waals surface area (Å²) in [4.78, 5) is 14.1. The Morgan fingerprint density at radius 3 is 2.82 bits per heavy atom. The molecule has 2 aromatic heterocycles. The fourth-order valence-corrected chi connectivity index (χ4v) is 2.58. The maximum Gasteiger partial charge on any atom is 0.243 e. The monoisotopic (exact) mass is 333 g/mol. The Morgan fingerprint density at radius 1 is 1.27 bits per heavy atom. The highest BCUT2D eigenvalue weighted by Crippen LogP contribution is 2.19. The molecule has 3 aromatic rings. The van der Waals surface area contributed by atoms with Crippen molar-refractivity contribution in [2.75, 3.05) is 0 Å². The number of nitrogens with one attached hydrogen (secondary N) is 1. The van der Waals surface area contributed by atoms with Crippen molar-refractivity contribution in [3.63, 3.8) is 0 Å². The summed E-state index contributed by atoms with van der Waals surface area (Å²) in [5, 5.41) is 17.4. The number of thiophene rings is 1. The van der Waals surface area contributed by atoms with E-state index >= 15 is 0 Å². The minimum absolute atomic E-state index is 0.0337. The van der Waals surface area contributed by atoms with E-state index < -0.39 is 0 Å². The number of benzene rings is 1. The zero-order chi connectivity index (χ0) is 15.4. The van der Waals surface area contributed by atoms with Gasteiger partial charge in [0.15, 0.2) is 0 Å². The number of hydrogen-bond donors (Lipinski definition) is 1. The van der Waals surface area contributed by atoms with E-state index in [9.17, 15) is 4.79 Å². The SMILES string of the molecule is O=C(Cn1nnc(-c2cccs2)n1)NCc1ccc(Cl)cc1. The Hall–Kier alpha value is -2.25. The highest BCUT2D eigenvalue weighted by Gasteiger charge is 2.09. The number of carbonyl (C=O) groups is 1. The molecule has 1 amide bonds. The van der Waals surface area contributed by atoms with Crippen molar-refractivity contribution in [1.82, 2.24) is 25.5 Å². The first kappa shape index (κ1) is 14.7. The quantitative estimate of drug-likeness (QED) is 0.778. The summed E-state index contributed by atoms with van der Waals surface area (Å²) in [5.74, 6) is 0.352. The van der Waals surface area contributed by atoms with E-state index in [1.54, 1.807) is 12.1 Å². The molecule has 0 spiro atoms. The van der Waals surface area contributed by atoms with E-state index in [0.29, 0.717) is 17.4 Å². The van der Waals surface area contributed by atoms with Crippen LogP contribution in [0.3, 0.4) is 0 Å². The third-order valence-electron chi connectivity index (χ3n) is 2.88. The summed E-state index contributed by atoms with van der Waals surface area (Å²) in [5.41, 5.74) is 0.976. The fourth-order valence-electron chi connectivity index (χ4n) is 1.80. The van der Waals surface area contributed by atoms with Crippen molar-refractivity contribution in [3.05, 3.63) is 52.4 Å². The second kappa shape index (κ2) is 6.67. The van der Waals surface area contributed by atoms with Crippen LogP contribution in [0.5, 0.6) is 0 Å². The first-order chi connectivity index (χ1) is 10.7. The number of halogens is 1. The van der Waals surface area contributed by atoms with Gasteiger partial charge in [-0.3, -0.25) is 4.79 Å². The normalized spacial score (nSPS) is 10.6. The van der Waals surface area contributed by atoms with Crippen LogP contribution < -0.4 is 5.32 Å². The highest BCUT2D eigenvalue weighted by molar-refractivity contribution is 7.13. The topological polar surface area (TPSA) is 72.7 Å². The van der Waals surface area contributed by atoms with Crippen LogP contribution in [0.2, 0.25) is 5.02 Å². The predicted molar refractivity (Wildman–Crippen MR) is 84.4 cm³/mol. The van der Waals surface area contributed by atoms with Crippen molar-refractivity contribution < 1.29 is 4.79 Å². The van der Waals surface area contributed by atoms with Crippen LogP contribution in [-0.4, -0.2) is 26.1 Å². The molecule has 1 aromatic carbocycles. The standard InChI is InChI=1S/C14H12ClN5OS/c15-11-5-3-10(4-6-11)8-16-13(21)9-20-18-14(17-19-20)12-2-1-7-22-12/h1-7H,8-9H2,(H,16,21). The number of hydrogen-bond acceptors (Lipinski definition) is 5. The summed E-state index contributed by atoms with van der Waals surface area (Å²) in [6, 6.07) is 11.1. The third-order valence-corrected chi connectivity index (χ3v) is 4.00. The predicted octanol–water partition coefficient (Wildman–Crippen LogP) is 2.37. The first-order valence-electron chi connectivity index (χ1n) is 6.53. The molecule has 22 heavy (non-hydrogen) atoms. The fraction of sp³-hybridized carbons (Fsp3) is 0.143. The second-order valence-corrected chi connectivity index (χ2v) is 5.91. The Morgan fingerprint density at radius 2 is 2.09 bits per heavy atom. The van der Waals surface area contributed by atoms with Crippen LogP contribution in [0, 0.1) is 0 Å². The summed E-state index contributed by atoms with van der Waals surface area (Å²) >= 11 is 7.34. The van der Waals surface area contributed by atoms with Gasteiger partial charge in [-0.25, -0.2) is 0 Å². The van der Waals surface area contributed by atoms with Gasteiger partial charge < -0.3 is 5.32 Å². The molecule has 0 fully saturated rings. The van der Waals surface area contributed by atoms with Crippen molar-refractivity contribution >= 4 is 28.8 Å². The summed E-state index contributed by atoms with van der Waals surface area (Å²) in [6.45, 7) is 0.467. The molecule has 0 aliphatic heterocycles.